The molecular formula is C59H55IrN3OSi-2. The summed E-state index contributed by atoms with van der Waals surface area (Å²) in [5.41, 5.74) is 14.2. The smallest absolute Gasteiger partial charge is 0.0798 e. The number of rotatable bonds is 10. The minimum atomic E-state index is -1.34. The van der Waals surface area contributed by atoms with Crippen LogP contribution in [0.1, 0.15) is 38.8 Å². The Kier molecular flexibility index (Phi) is 13.6. The Morgan fingerprint density at radius 2 is 1.31 bits per heavy atom. The topological polar surface area (TPSA) is 43.9 Å². The van der Waals surface area contributed by atoms with Gasteiger partial charge in [0.2, 0.25) is 0 Å². The second kappa shape index (κ2) is 19.5. The largest absolute Gasteiger partial charge is 0.557 e. The number of pyridine rings is 1. The Labute approximate surface area is 398 Å². The van der Waals surface area contributed by atoms with Gasteiger partial charge in [0.05, 0.1) is 30.6 Å². The third-order valence-electron chi connectivity index (χ3n) is 11.8. The first kappa shape index (κ1) is 45.4. The second-order valence-corrected chi connectivity index (χ2v) is 23.8. The zero-order chi connectivity index (χ0) is 44.4. The van der Waals surface area contributed by atoms with E-state index in [9.17, 15) is 0 Å². The van der Waals surface area contributed by atoms with E-state index in [1.165, 1.54) is 27.1 Å². The average Bonchev–Trinajstić information content (AvgIpc) is 3.89. The molecule has 10 rings (SSSR count). The summed E-state index contributed by atoms with van der Waals surface area (Å²) in [4.78, 5) is 9.94. The molecule has 10 aromatic rings. The van der Waals surface area contributed by atoms with Gasteiger partial charge < -0.3 is 14.0 Å². The number of aromatic nitrogens is 3. The molecule has 0 unspecified atom stereocenters. The summed E-state index contributed by atoms with van der Waals surface area (Å²) in [7, 11) is -1.34. The maximum absolute atomic E-state index is 6.17. The minimum absolute atomic E-state index is 0. The molecule has 0 aliphatic rings. The summed E-state index contributed by atoms with van der Waals surface area (Å²) in [5.74, 6) is 2.08. The molecule has 0 saturated heterocycles. The van der Waals surface area contributed by atoms with Crippen LogP contribution < -0.4 is 5.19 Å². The van der Waals surface area contributed by atoms with Crippen molar-refractivity contribution < 1.29 is 24.5 Å². The van der Waals surface area contributed by atoms with Gasteiger partial charge >= 0.3 is 0 Å². The van der Waals surface area contributed by atoms with Gasteiger partial charge in [0.1, 0.15) is 0 Å². The van der Waals surface area contributed by atoms with Crippen LogP contribution in [0.4, 0.5) is 0 Å². The number of furan rings is 1. The van der Waals surface area contributed by atoms with Gasteiger partial charge in [-0.15, -0.1) is 35.9 Å². The van der Waals surface area contributed by atoms with Crippen molar-refractivity contribution in [1.82, 2.24) is 14.5 Å². The molecule has 3 heterocycles. The summed E-state index contributed by atoms with van der Waals surface area (Å²) in [5, 5.41) is 4.85. The fourth-order valence-corrected chi connectivity index (χ4v) is 10.5. The maximum atomic E-state index is 6.17. The molecule has 1 radical (unpaired) electrons. The number of hydrogen-bond donors (Lipinski definition) is 0. The van der Waals surface area contributed by atoms with E-state index in [1.54, 1.807) is 0 Å². The van der Waals surface area contributed by atoms with Crippen LogP contribution in [0.3, 0.4) is 0 Å². The van der Waals surface area contributed by atoms with Crippen molar-refractivity contribution >= 4 is 46.0 Å². The Balaban J connectivity index is 0.000000232. The Bertz CT molecular complexity index is 3140. The molecule has 0 N–H and O–H groups in total. The van der Waals surface area contributed by atoms with Crippen LogP contribution in [0.25, 0.3) is 83.4 Å². The van der Waals surface area contributed by atoms with Crippen molar-refractivity contribution in [3.63, 3.8) is 0 Å². The van der Waals surface area contributed by atoms with Crippen LogP contribution in [0.2, 0.25) is 19.6 Å². The van der Waals surface area contributed by atoms with E-state index >= 15 is 0 Å². The molecule has 0 aliphatic heterocycles. The molecule has 7 aromatic carbocycles. The molecule has 0 spiro atoms. The predicted octanol–water partition coefficient (Wildman–Crippen LogP) is 15.2. The third-order valence-corrected chi connectivity index (χ3v) is 13.9. The molecule has 6 heteroatoms. The van der Waals surface area contributed by atoms with Gasteiger partial charge in [-0.1, -0.05) is 191 Å². The monoisotopic (exact) mass is 1040 g/mol. The normalized spacial score (nSPS) is 11.6. The number of para-hydroxylation sites is 3. The second-order valence-electron chi connectivity index (χ2n) is 18.8. The van der Waals surface area contributed by atoms with Gasteiger partial charge in [0, 0.05) is 49.3 Å². The molecule has 3 aromatic heterocycles. The van der Waals surface area contributed by atoms with Crippen molar-refractivity contribution in [2.75, 3.05) is 0 Å². The van der Waals surface area contributed by atoms with Gasteiger partial charge in [-0.25, -0.2) is 0 Å². The summed E-state index contributed by atoms with van der Waals surface area (Å²) in [6.07, 6.45) is 7.57. The number of fused-ring (bicyclic) bond motifs is 3. The van der Waals surface area contributed by atoms with Crippen LogP contribution in [0.5, 0.6) is 0 Å². The van der Waals surface area contributed by atoms with Crippen molar-refractivity contribution in [3.05, 3.63) is 193 Å². The zero-order valence-corrected chi connectivity index (χ0v) is 41.7. The fourth-order valence-electron chi connectivity index (χ4n) is 8.92. The van der Waals surface area contributed by atoms with E-state index in [0.717, 1.165) is 85.4 Å². The molecule has 0 amide bonds. The van der Waals surface area contributed by atoms with Gasteiger partial charge in [-0.05, 0) is 75.2 Å². The maximum Gasteiger partial charge on any atom is 0.0798 e. The number of nitrogens with zero attached hydrogens (tertiary/aromatic N) is 3. The summed E-state index contributed by atoms with van der Waals surface area (Å²) < 4.78 is 8.47. The average molecular weight is 1040 g/mol. The van der Waals surface area contributed by atoms with Crippen molar-refractivity contribution in [1.29, 1.82) is 0 Å². The van der Waals surface area contributed by atoms with E-state index in [-0.39, 0.29) is 20.1 Å². The van der Waals surface area contributed by atoms with Crippen LogP contribution in [-0.2, 0) is 32.9 Å². The molecule has 0 bridgehead atoms. The number of imidazole rings is 1. The Hall–Kier alpha value is -6.17. The summed E-state index contributed by atoms with van der Waals surface area (Å²) >= 11 is 0. The SMILES string of the molecule is CC(C)Cc1cc(-c2[c-]cccc2)ncc1[Si](C)(C)C.CC(C)Cc1ccc2cc3c(-c4nc5ccccc5n4-c4c(-c5ccccc5)cccc4-c4ccccc4)[c-]oc3cc2c1.[Ir]. The molecule has 0 aliphatic carbocycles. The molecule has 4 nitrogen and oxygen atoms in total. The van der Waals surface area contributed by atoms with Gasteiger partial charge in [0.15, 0.2) is 0 Å². The molecule has 0 saturated carbocycles. The predicted molar refractivity (Wildman–Crippen MR) is 272 cm³/mol. The van der Waals surface area contributed by atoms with E-state index in [0.29, 0.717) is 11.8 Å². The summed E-state index contributed by atoms with van der Waals surface area (Å²) in [6.45, 7) is 16.2. The molecule has 65 heavy (non-hydrogen) atoms. The molecular weight excluding hydrogens is 987 g/mol. The standard InChI is InChI=1S/C41H31N2O.C18H24NSi.Ir/c1-27(2)22-28-20-21-31-24-35-36(26-44-39(35)25-32(31)23-28)41-42-37-18-9-10-19-38(37)43(41)40-33(29-12-5-3-6-13-29)16-11-17-34(40)30-14-7-4-8-15-30;1-14(2)11-16-12-17(15-9-7-6-8-10-15)19-13-18(16)20(3,4)5;/h3-21,23-25,27H,22H2,1-2H3;6-9,12-14H,11H2,1-5H3;/q2*-1;. The molecule has 327 valence electrons. The Morgan fingerprint density at radius 3 is 1.95 bits per heavy atom. The number of hydrogen-bond acceptors (Lipinski definition) is 3. The zero-order valence-electron chi connectivity index (χ0n) is 38.3. The first-order valence-electron chi connectivity index (χ1n) is 22.6. The van der Waals surface area contributed by atoms with Crippen LogP contribution in [-0.4, -0.2) is 22.6 Å². The van der Waals surface area contributed by atoms with Gasteiger partial charge in [-0.2, -0.15) is 0 Å². The first-order valence-corrected chi connectivity index (χ1v) is 26.1. The fraction of sp³-hybridized carbons (Fsp3) is 0.186. The van der Waals surface area contributed by atoms with E-state index in [4.69, 9.17) is 9.40 Å². The minimum Gasteiger partial charge on any atom is -0.557 e. The quantitative estimate of drug-likeness (QED) is 0.101. The van der Waals surface area contributed by atoms with Crippen LogP contribution in [0, 0.1) is 24.2 Å². The van der Waals surface area contributed by atoms with Crippen molar-refractivity contribution in [2.45, 2.75) is 60.2 Å². The van der Waals surface area contributed by atoms with E-state index in [2.05, 4.69) is 215 Å². The van der Waals surface area contributed by atoms with E-state index < -0.39 is 8.07 Å². The third kappa shape index (κ3) is 9.77. The first-order chi connectivity index (χ1) is 31.0. The van der Waals surface area contributed by atoms with Gasteiger partial charge in [0.25, 0.3) is 0 Å². The van der Waals surface area contributed by atoms with Crippen molar-refractivity contribution in [2.24, 2.45) is 11.8 Å². The Morgan fingerprint density at radius 1 is 0.646 bits per heavy atom. The molecule has 0 atom stereocenters. The molecule has 0 fully saturated rings. The van der Waals surface area contributed by atoms with E-state index in [1.807, 2.05) is 24.3 Å². The summed E-state index contributed by atoms with van der Waals surface area (Å²) in [6, 6.07) is 60.8. The van der Waals surface area contributed by atoms with Crippen LogP contribution >= 0.6 is 0 Å². The number of benzene rings is 7. The van der Waals surface area contributed by atoms with Gasteiger partial charge in [-0.3, -0.25) is 4.98 Å². The van der Waals surface area contributed by atoms with Crippen LogP contribution in [0.15, 0.2) is 174 Å². The van der Waals surface area contributed by atoms with Crippen molar-refractivity contribution in [3.8, 4) is 50.6 Å².